The minimum Gasteiger partial charge on any atom is -0.759 e. The van der Waals surface area contributed by atoms with Gasteiger partial charge in [0.1, 0.15) is 0 Å². The van der Waals surface area contributed by atoms with Gasteiger partial charge in [-0.15, -0.1) is 0 Å². The van der Waals surface area contributed by atoms with Crippen molar-refractivity contribution < 1.29 is 90.4 Å². The normalized spacial score (nSPS) is 5.00. The molecule has 0 aliphatic carbocycles. The van der Waals surface area contributed by atoms with Crippen LogP contribution in [0.2, 0.25) is 0 Å². The average molecular weight is 349 g/mol. The van der Waals surface area contributed by atoms with Gasteiger partial charge in [-0.05, 0) is 0 Å². The minimum atomic E-state index is -5.17. The molecule has 0 aliphatic heterocycles. The summed E-state index contributed by atoms with van der Waals surface area (Å²) in [5.41, 5.74) is 0. The van der Waals surface area contributed by atoms with Crippen LogP contribution in [0, 0.1) is 0 Å². The van der Waals surface area contributed by atoms with E-state index in [4.69, 9.17) is 32.6 Å². The van der Waals surface area contributed by atoms with Gasteiger partial charge >= 0.3 is 26.8 Å². The smallest absolute Gasteiger partial charge is 0.759 e. The van der Waals surface area contributed by atoms with Crippen LogP contribution in [-0.2, 0) is 29.9 Å². The van der Waals surface area contributed by atoms with E-state index >= 15 is 0 Å². The standard InChI is InChI=1S/BH3O3.H2O4S.7H2O.Zn/c2-1(3)4;1-5(2,3)4;;;;;;;;/h2-4H;(H2,1,2,3,4);7*1H2;/q;;;;;;;;;+2/p-2. The molecule has 17 N–H and O–H groups in total. The maximum atomic E-state index is 8.52. The van der Waals surface area contributed by atoms with Crippen molar-refractivity contribution in [3.8, 4) is 0 Å². The predicted molar refractivity (Wildman–Crippen MR) is 48.2 cm³/mol. The number of hydrogen-bond donors (Lipinski definition) is 3. The molecule has 17 heavy (non-hydrogen) atoms. The third kappa shape index (κ3) is 129000. The van der Waals surface area contributed by atoms with Crippen LogP contribution in [0.15, 0.2) is 0 Å². The summed E-state index contributed by atoms with van der Waals surface area (Å²) >= 11 is 0. The summed E-state index contributed by atoms with van der Waals surface area (Å²) < 4.78 is 34.1. The first-order valence-corrected chi connectivity index (χ1v) is 2.77. The quantitative estimate of drug-likeness (QED) is 0.215. The van der Waals surface area contributed by atoms with Crippen LogP contribution in [0.1, 0.15) is 0 Å². The van der Waals surface area contributed by atoms with Crippen molar-refractivity contribution in [2.45, 2.75) is 0 Å². The molecule has 0 saturated carbocycles. The van der Waals surface area contributed by atoms with E-state index in [1.807, 2.05) is 0 Å². The molecular weight excluding hydrogens is 332 g/mol. The molecule has 0 aromatic heterocycles. The van der Waals surface area contributed by atoms with Crippen molar-refractivity contribution in [3.63, 3.8) is 0 Å². The monoisotopic (exact) mass is 348 g/mol. The molecule has 112 valence electrons. The molecule has 0 fully saturated rings. The van der Waals surface area contributed by atoms with E-state index in [0.29, 0.717) is 0 Å². The van der Waals surface area contributed by atoms with Crippen LogP contribution >= 0.6 is 0 Å². The Bertz CT molecular complexity index is 128. The fourth-order valence-electron chi connectivity index (χ4n) is 0. The van der Waals surface area contributed by atoms with E-state index in [1.54, 1.807) is 0 Å². The maximum absolute atomic E-state index is 8.52. The molecular formula is H17BO14SZn. The number of hydrogen-bond acceptors (Lipinski definition) is 7. The summed E-state index contributed by atoms with van der Waals surface area (Å²) in [6.45, 7) is 0. The zero-order chi connectivity index (χ0) is 8.08. The van der Waals surface area contributed by atoms with E-state index in [0.717, 1.165) is 0 Å². The molecule has 0 aromatic rings. The van der Waals surface area contributed by atoms with Gasteiger partial charge in [0.05, 0.1) is 0 Å². The van der Waals surface area contributed by atoms with Gasteiger partial charge in [0.2, 0.25) is 0 Å². The van der Waals surface area contributed by atoms with Crippen molar-refractivity contribution in [1.29, 1.82) is 0 Å². The molecule has 0 aromatic carbocycles. The van der Waals surface area contributed by atoms with Crippen LogP contribution in [0.5, 0.6) is 0 Å². The second-order valence-electron chi connectivity index (χ2n) is 0.755. The first kappa shape index (κ1) is 87.4. The summed E-state index contributed by atoms with van der Waals surface area (Å²) in [5.74, 6) is 0. The zero-order valence-electron chi connectivity index (χ0n) is 8.17. The van der Waals surface area contributed by atoms with Crippen LogP contribution in [0.25, 0.3) is 0 Å². The van der Waals surface area contributed by atoms with Gasteiger partial charge in [-0.3, -0.25) is 8.42 Å². The third-order valence-electron chi connectivity index (χ3n) is 0. The van der Waals surface area contributed by atoms with Crippen LogP contribution < -0.4 is 0 Å². The fraction of sp³-hybridized carbons (Fsp3) is 0. The summed E-state index contributed by atoms with van der Waals surface area (Å²) in [4.78, 5) is 0. The van der Waals surface area contributed by atoms with Gasteiger partial charge in [0.15, 0.2) is 0 Å². The van der Waals surface area contributed by atoms with Crippen molar-refractivity contribution in [2.75, 3.05) is 0 Å². The van der Waals surface area contributed by atoms with Crippen LogP contribution in [-0.4, -0.2) is 78.2 Å². The van der Waals surface area contributed by atoms with Gasteiger partial charge in [0, 0.05) is 10.4 Å². The molecule has 0 aliphatic rings. The largest absolute Gasteiger partial charge is 2.00 e. The van der Waals surface area contributed by atoms with Gasteiger partial charge in [-0.25, -0.2) is 0 Å². The molecule has 0 bridgehead atoms. The summed E-state index contributed by atoms with van der Waals surface area (Å²) in [6.07, 6.45) is 0. The second-order valence-corrected chi connectivity index (χ2v) is 1.57. The first-order chi connectivity index (χ1) is 3.73. The Morgan fingerprint density at radius 1 is 0.706 bits per heavy atom. The first-order valence-electron chi connectivity index (χ1n) is 1.44. The molecule has 0 amide bonds. The van der Waals surface area contributed by atoms with Crippen molar-refractivity contribution in [2.24, 2.45) is 0 Å². The van der Waals surface area contributed by atoms with Crippen molar-refractivity contribution in [3.05, 3.63) is 0 Å². The molecule has 0 spiro atoms. The van der Waals surface area contributed by atoms with E-state index in [9.17, 15) is 0 Å². The van der Waals surface area contributed by atoms with Gasteiger partial charge in [-0.1, -0.05) is 0 Å². The van der Waals surface area contributed by atoms with E-state index in [1.165, 1.54) is 0 Å². The summed E-state index contributed by atoms with van der Waals surface area (Å²) in [7, 11) is -7.33. The Morgan fingerprint density at radius 2 is 0.706 bits per heavy atom. The van der Waals surface area contributed by atoms with Crippen molar-refractivity contribution in [1.82, 2.24) is 0 Å². The Labute approximate surface area is 109 Å². The van der Waals surface area contributed by atoms with Gasteiger partial charge in [-0.2, -0.15) is 0 Å². The summed E-state index contributed by atoms with van der Waals surface area (Å²) in [6, 6.07) is 0. The zero-order valence-corrected chi connectivity index (χ0v) is 12.0. The van der Waals surface area contributed by atoms with Crippen molar-refractivity contribution >= 4 is 17.7 Å². The molecule has 14 nitrogen and oxygen atoms in total. The average Bonchev–Trinajstić information content (AvgIpc) is 1.19. The third-order valence-corrected chi connectivity index (χ3v) is 0. The van der Waals surface area contributed by atoms with Crippen LogP contribution in [0.4, 0.5) is 0 Å². The topological polar surface area (TPSA) is 361 Å². The predicted octanol–water partition coefficient (Wildman–Crippen LogP) is -9.17. The number of rotatable bonds is 0. The Morgan fingerprint density at radius 3 is 0.706 bits per heavy atom. The molecule has 0 heterocycles. The molecule has 0 unspecified atom stereocenters. The van der Waals surface area contributed by atoms with Crippen LogP contribution in [0.3, 0.4) is 0 Å². The van der Waals surface area contributed by atoms with E-state index < -0.39 is 17.7 Å². The minimum absolute atomic E-state index is 0. The second kappa shape index (κ2) is 44.3. The summed E-state index contributed by atoms with van der Waals surface area (Å²) in [5, 5.41) is 21.5. The van der Waals surface area contributed by atoms with E-state index in [2.05, 4.69) is 0 Å². The molecule has 17 heteroatoms. The fourth-order valence-corrected chi connectivity index (χ4v) is 0. The van der Waals surface area contributed by atoms with E-state index in [-0.39, 0.29) is 57.8 Å². The molecule has 0 rings (SSSR count). The molecule has 0 saturated heterocycles. The Kier molecular flexibility index (Phi) is 228. The Balaban J connectivity index is -0.00000000494. The maximum Gasteiger partial charge on any atom is 2.00 e. The van der Waals surface area contributed by atoms with Gasteiger partial charge in [0.25, 0.3) is 0 Å². The molecule has 0 radical (unpaired) electrons. The Hall–Kier alpha value is 0.158. The SMILES string of the molecule is O.O.O.O.O.O.O.O=S(=O)([O-])[O-].OB(O)O.[Zn+2]. The molecule has 0 atom stereocenters. The van der Waals surface area contributed by atoms with Gasteiger partial charge < -0.3 is 62.5 Å².